The van der Waals surface area contributed by atoms with E-state index in [0.717, 1.165) is 6.20 Å². The number of carbonyl (C=O) groups excluding carboxylic acids is 1. The van der Waals surface area contributed by atoms with E-state index in [1.165, 1.54) is 6.20 Å². The highest BCUT2D eigenvalue weighted by Crippen LogP contribution is 1.91. The number of rotatable bonds is 2. The molecule has 1 aromatic heterocycles. The van der Waals surface area contributed by atoms with Crippen LogP contribution in [0, 0.1) is 5.82 Å². The lowest BCUT2D eigenvalue weighted by atomic mass is 10.2. The molecule has 1 amide bonds. The number of aromatic nitrogens is 1. The van der Waals surface area contributed by atoms with Gasteiger partial charge in [0.1, 0.15) is 5.56 Å². The van der Waals surface area contributed by atoms with Gasteiger partial charge in [-0.15, -0.1) is 0 Å². The second kappa shape index (κ2) is 3.84. The number of hydrogen-bond donors (Lipinski definition) is 2. The Hall–Kier alpha value is -1.65. The summed E-state index contributed by atoms with van der Waals surface area (Å²) in [5.74, 6) is -1.52. The molecular weight excluding hydrogens is 175 g/mol. The van der Waals surface area contributed by atoms with E-state index in [1.54, 1.807) is 6.92 Å². The fraction of sp³-hybridized carbons (Fsp3) is 0.250. The maximum absolute atomic E-state index is 12.7. The number of H-pyrrole nitrogens is 1. The van der Waals surface area contributed by atoms with Gasteiger partial charge in [0, 0.05) is 18.9 Å². The molecule has 0 atom stereocenters. The van der Waals surface area contributed by atoms with E-state index in [0.29, 0.717) is 6.54 Å². The van der Waals surface area contributed by atoms with Gasteiger partial charge >= 0.3 is 0 Å². The first-order valence-corrected chi connectivity index (χ1v) is 3.81. The Bertz CT molecular complexity index is 373. The van der Waals surface area contributed by atoms with Crippen molar-refractivity contribution in [3.05, 3.63) is 34.0 Å². The number of amides is 1. The van der Waals surface area contributed by atoms with E-state index in [-0.39, 0.29) is 5.56 Å². The molecule has 0 saturated carbocycles. The van der Waals surface area contributed by atoms with E-state index in [2.05, 4.69) is 10.3 Å². The minimum absolute atomic E-state index is 0.207. The molecule has 0 saturated heterocycles. The Labute approximate surface area is 73.8 Å². The fourth-order valence-corrected chi connectivity index (χ4v) is 0.882. The molecule has 13 heavy (non-hydrogen) atoms. The van der Waals surface area contributed by atoms with E-state index in [9.17, 15) is 14.0 Å². The van der Waals surface area contributed by atoms with Crippen LogP contribution in [0.5, 0.6) is 0 Å². The molecule has 0 bridgehead atoms. The highest BCUT2D eigenvalue weighted by molar-refractivity contribution is 5.93. The third-order valence-corrected chi connectivity index (χ3v) is 1.48. The molecule has 1 heterocycles. The first kappa shape index (κ1) is 9.44. The average molecular weight is 184 g/mol. The fourth-order valence-electron chi connectivity index (χ4n) is 0.882. The van der Waals surface area contributed by atoms with Crippen molar-refractivity contribution in [2.24, 2.45) is 0 Å². The Morgan fingerprint density at radius 2 is 2.31 bits per heavy atom. The van der Waals surface area contributed by atoms with Crippen LogP contribution in [-0.2, 0) is 0 Å². The molecule has 70 valence electrons. The van der Waals surface area contributed by atoms with Crippen LogP contribution in [0.25, 0.3) is 0 Å². The molecular formula is C8H9FN2O2. The molecule has 0 aromatic carbocycles. The summed E-state index contributed by atoms with van der Waals surface area (Å²) in [5.41, 5.74) is -1.09. The van der Waals surface area contributed by atoms with Crippen LogP contribution in [0.2, 0.25) is 0 Å². The predicted molar refractivity (Wildman–Crippen MR) is 45.0 cm³/mol. The number of hydrogen-bond acceptors (Lipinski definition) is 2. The molecule has 0 fully saturated rings. The van der Waals surface area contributed by atoms with Crippen molar-refractivity contribution in [1.82, 2.24) is 10.3 Å². The molecule has 0 aliphatic carbocycles. The predicted octanol–water partition coefficient (Wildman–Crippen LogP) is 0.264. The lowest BCUT2D eigenvalue weighted by Gasteiger charge is -1.99. The largest absolute Gasteiger partial charge is 0.364 e. The maximum Gasteiger partial charge on any atom is 0.256 e. The van der Waals surface area contributed by atoms with Crippen LogP contribution >= 0.6 is 0 Å². The zero-order valence-electron chi connectivity index (χ0n) is 7.06. The minimum Gasteiger partial charge on any atom is -0.364 e. The number of halogens is 1. The van der Waals surface area contributed by atoms with Crippen molar-refractivity contribution in [2.45, 2.75) is 6.92 Å². The van der Waals surface area contributed by atoms with Gasteiger partial charge < -0.3 is 10.3 Å². The molecule has 2 N–H and O–H groups in total. The monoisotopic (exact) mass is 184 g/mol. The van der Waals surface area contributed by atoms with Crippen LogP contribution in [0.4, 0.5) is 4.39 Å². The smallest absolute Gasteiger partial charge is 0.256 e. The molecule has 0 spiro atoms. The molecule has 1 rings (SSSR count). The van der Waals surface area contributed by atoms with Crippen molar-refractivity contribution < 1.29 is 9.18 Å². The molecule has 5 heteroatoms. The van der Waals surface area contributed by atoms with Gasteiger partial charge in [0.15, 0.2) is 5.82 Å². The van der Waals surface area contributed by atoms with Gasteiger partial charge in [0.25, 0.3) is 5.91 Å². The van der Waals surface area contributed by atoms with Crippen molar-refractivity contribution >= 4 is 5.91 Å². The first-order valence-electron chi connectivity index (χ1n) is 3.81. The van der Waals surface area contributed by atoms with Crippen LogP contribution in [0.1, 0.15) is 17.3 Å². The van der Waals surface area contributed by atoms with E-state index >= 15 is 0 Å². The van der Waals surface area contributed by atoms with Gasteiger partial charge in [0.05, 0.1) is 0 Å². The number of aromatic amines is 1. The summed E-state index contributed by atoms with van der Waals surface area (Å²) in [6.45, 7) is 2.11. The van der Waals surface area contributed by atoms with Crippen LogP contribution in [0.3, 0.4) is 0 Å². The normalized spacial score (nSPS) is 9.69. The Kier molecular flexibility index (Phi) is 2.79. The summed E-state index contributed by atoms with van der Waals surface area (Å²) in [6, 6.07) is 0. The summed E-state index contributed by atoms with van der Waals surface area (Å²) in [4.78, 5) is 24.5. The van der Waals surface area contributed by atoms with Crippen LogP contribution in [0.15, 0.2) is 17.2 Å². The maximum atomic E-state index is 12.7. The topological polar surface area (TPSA) is 62.0 Å². The zero-order valence-corrected chi connectivity index (χ0v) is 7.06. The molecule has 0 aliphatic heterocycles. The second-order valence-electron chi connectivity index (χ2n) is 2.41. The van der Waals surface area contributed by atoms with Gasteiger partial charge in [-0.25, -0.2) is 4.39 Å². The quantitative estimate of drug-likeness (QED) is 0.692. The second-order valence-corrected chi connectivity index (χ2v) is 2.41. The van der Waals surface area contributed by atoms with Gasteiger partial charge in [0.2, 0.25) is 5.43 Å². The SMILES string of the molecule is CCNC(=O)c1c[nH]cc(F)c1=O. The summed E-state index contributed by atoms with van der Waals surface area (Å²) in [6.07, 6.45) is 2.08. The number of nitrogens with one attached hydrogen (secondary N) is 2. The van der Waals surface area contributed by atoms with E-state index < -0.39 is 17.2 Å². The molecule has 0 aliphatic rings. The average Bonchev–Trinajstić information content (AvgIpc) is 2.10. The van der Waals surface area contributed by atoms with Crippen LogP contribution in [-0.4, -0.2) is 17.4 Å². The van der Waals surface area contributed by atoms with E-state index in [4.69, 9.17) is 0 Å². The Morgan fingerprint density at radius 1 is 1.62 bits per heavy atom. The molecule has 1 aromatic rings. The highest BCUT2D eigenvalue weighted by Gasteiger charge is 2.11. The van der Waals surface area contributed by atoms with Gasteiger partial charge in [-0.2, -0.15) is 0 Å². The summed E-state index contributed by atoms with van der Waals surface area (Å²) in [7, 11) is 0. The van der Waals surface area contributed by atoms with Crippen molar-refractivity contribution in [1.29, 1.82) is 0 Å². The lowest BCUT2D eigenvalue weighted by molar-refractivity contribution is 0.0954. The number of pyridine rings is 1. The van der Waals surface area contributed by atoms with Gasteiger partial charge in [-0.05, 0) is 6.92 Å². The zero-order chi connectivity index (χ0) is 9.84. The van der Waals surface area contributed by atoms with Crippen LogP contribution < -0.4 is 10.7 Å². The third-order valence-electron chi connectivity index (χ3n) is 1.48. The highest BCUT2D eigenvalue weighted by atomic mass is 19.1. The van der Waals surface area contributed by atoms with Crippen molar-refractivity contribution in [2.75, 3.05) is 6.54 Å². The summed E-state index contributed by atoms with van der Waals surface area (Å²) in [5, 5.41) is 2.40. The molecule has 0 unspecified atom stereocenters. The Morgan fingerprint density at radius 3 is 2.92 bits per heavy atom. The standard InChI is InChI=1S/C8H9FN2O2/c1-2-11-8(13)5-3-10-4-6(9)7(5)12/h3-4H,2H2,1H3,(H,10,12)(H,11,13). The lowest BCUT2D eigenvalue weighted by Crippen LogP contribution is -2.29. The van der Waals surface area contributed by atoms with Crippen molar-refractivity contribution in [3.63, 3.8) is 0 Å². The van der Waals surface area contributed by atoms with Crippen molar-refractivity contribution in [3.8, 4) is 0 Å². The minimum atomic E-state index is -0.955. The third kappa shape index (κ3) is 1.93. The molecule has 0 radical (unpaired) electrons. The summed E-state index contributed by atoms with van der Waals surface area (Å²) < 4.78 is 12.7. The number of carbonyl (C=O) groups is 1. The van der Waals surface area contributed by atoms with Gasteiger partial charge in [-0.3, -0.25) is 9.59 Å². The van der Waals surface area contributed by atoms with Gasteiger partial charge in [-0.1, -0.05) is 0 Å². The summed E-state index contributed by atoms with van der Waals surface area (Å²) >= 11 is 0. The Balaban J connectivity index is 3.08. The first-order chi connectivity index (χ1) is 6.16. The molecule has 4 nitrogen and oxygen atoms in total. The van der Waals surface area contributed by atoms with E-state index in [1.807, 2.05) is 0 Å².